The first kappa shape index (κ1) is 13.9. The molecular formula is C12H18N2O2S. The lowest BCUT2D eigenvalue weighted by Gasteiger charge is -2.06. The van der Waals surface area contributed by atoms with E-state index in [9.17, 15) is 8.42 Å². The molecule has 0 aliphatic carbocycles. The summed E-state index contributed by atoms with van der Waals surface area (Å²) in [5.41, 5.74) is 7.13. The van der Waals surface area contributed by atoms with Crippen LogP contribution in [0.1, 0.15) is 11.1 Å². The number of nitrogens with one attached hydrogen (secondary N) is 1. The molecule has 0 aliphatic heterocycles. The maximum absolute atomic E-state index is 11.9. The quantitative estimate of drug-likeness (QED) is 0.773. The molecule has 0 saturated carbocycles. The van der Waals surface area contributed by atoms with Crippen molar-refractivity contribution in [3.8, 4) is 0 Å². The molecule has 94 valence electrons. The molecule has 1 rings (SSSR count). The number of benzene rings is 1. The van der Waals surface area contributed by atoms with Crippen molar-refractivity contribution in [1.29, 1.82) is 0 Å². The zero-order chi connectivity index (χ0) is 12.9. The fourth-order valence-electron chi connectivity index (χ4n) is 1.51. The lowest BCUT2D eigenvalue weighted by Crippen LogP contribution is -2.24. The molecule has 0 unspecified atom stereocenters. The van der Waals surface area contributed by atoms with Crippen LogP contribution in [0.4, 0.5) is 0 Å². The zero-order valence-electron chi connectivity index (χ0n) is 10.1. The van der Waals surface area contributed by atoms with Crippen molar-refractivity contribution in [3.63, 3.8) is 0 Å². The summed E-state index contributed by atoms with van der Waals surface area (Å²) in [6.07, 6.45) is 3.41. The van der Waals surface area contributed by atoms with Gasteiger partial charge in [0, 0.05) is 13.1 Å². The monoisotopic (exact) mass is 254 g/mol. The molecule has 0 aliphatic rings. The second-order valence-electron chi connectivity index (χ2n) is 3.88. The molecule has 0 radical (unpaired) electrons. The highest BCUT2D eigenvalue weighted by Crippen LogP contribution is 2.13. The summed E-state index contributed by atoms with van der Waals surface area (Å²) in [7, 11) is -3.43. The van der Waals surface area contributed by atoms with Gasteiger partial charge in [-0.1, -0.05) is 18.2 Å². The molecule has 0 spiro atoms. The van der Waals surface area contributed by atoms with Crippen LogP contribution in [0.5, 0.6) is 0 Å². The van der Waals surface area contributed by atoms with Crippen LogP contribution in [-0.4, -0.2) is 21.5 Å². The minimum absolute atomic E-state index is 0.256. The van der Waals surface area contributed by atoms with Crippen molar-refractivity contribution >= 4 is 10.0 Å². The van der Waals surface area contributed by atoms with Gasteiger partial charge in [-0.2, -0.15) is 0 Å². The highest BCUT2D eigenvalue weighted by molar-refractivity contribution is 7.89. The van der Waals surface area contributed by atoms with Gasteiger partial charge in [-0.3, -0.25) is 0 Å². The molecule has 0 saturated heterocycles. The molecule has 0 atom stereocenters. The highest BCUT2D eigenvalue weighted by atomic mass is 32.2. The minimum atomic E-state index is -3.43. The first-order chi connectivity index (χ1) is 7.95. The molecule has 17 heavy (non-hydrogen) atoms. The van der Waals surface area contributed by atoms with E-state index in [-0.39, 0.29) is 6.54 Å². The fourth-order valence-corrected chi connectivity index (χ4v) is 2.67. The number of aryl methyl sites for hydroxylation is 2. The molecule has 1 aromatic rings. The van der Waals surface area contributed by atoms with Gasteiger partial charge < -0.3 is 5.73 Å². The molecular weight excluding hydrogens is 236 g/mol. The summed E-state index contributed by atoms with van der Waals surface area (Å²) < 4.78 is 26.3. The van der Waals surface area contributed by atoms with Crippen LogP contribution < -0.4 is 10.5 Å². The van der Waals surface area contributed by atoms with Crippen LogP contribution >= 0.6 is 0 Å². The third kappa shape index (κ3) is 4.30. The van der Waals surface area contributed by atoms with Crippen molar-refractivity contribution in [1.82, 2.24) is 4.72 Å². The predicted molar refractivity (Wildman–Crippen MR) is 69.3 cm³/mol. The first-order valence-electron chi connectivity index (χ1n) is 5.39. The van der Waals surface area contributed by atoms with Crippen molar-refractivity contribution in [2.24, 2.45) is 5.73 Å². The molecule has 0 heterocycles. The molecule has 5 heteroatoms. The predicted octanol–water partition coefficient (Wildman–Crippen LogP) is 1.10. The van der Waals surface area contributed by atoms with E-state index in [1.54, 1.807) is 24.3 Å². The van der Waals surface area contributed by atoms with Gasteiger partial charge in [0.15, 0.2) is 0 Å². The van der Waals surface area contributed by atoms with Crippen LogP contribution in [0.3, 0.4) is 0 Å². The van der Waals surface area contributed by atoms with Crippen LogP contribution in [-0.2, 0) is 10.0 Å². The second kappa shape index (κ2) is 5.95. The Bertz CT molecular complexity index is 487. The van der Waals surface area contributed by atoms with E-state index in [4.69, 9.17) is 5.73 Å². The van der Waals surface area contributed by atoms with Crippen molar-refractivity contribution in [2.45, 2.75) is 18.7 Å². The maximum Gasteiger partial charge on any atom is 0.240 e. The summed E-state index contributed by atoms with van der Waals surface area (Å²) in [6, 6.07) is 5.25. The first-order valence-corrected chi connectivity index (χ1v) is 6.87. The van der Waals surface area contributed by atoms with Crippen molar-refractivity contribution < 1.29 is 8.42 Å². The van der Waals surface area contributed by atoms with Gasteiger partial charge in [0.2, 0.25) is 10.0 Å². The number of hydrogen-bond acceptors (Lipinski definition) is 3. The topological polar surface area (TPSA) is 72.2 Å². The lowest BCUT2D eigenvalue weighted by molar-refractivity contribution is 0.585. The van der Waals surface area contributed by atoms with Gasteiger partial charge in [-0.25, -0.2) is 13.1 Å². The Balaban J connectivity index is 2.86. The summed E-state index contributed by atoms with van der Waals surface area (Å²) >= 11 is 0. The van der Waals surface area contributed by atoms with Crippen LogP contribution in [0, 0.1) is 13.8 Å². The van der Waals surface area contributed by atoms with Gasteiger partial charge in [0.1, 0.15) is 0 Å². The van der Waals surface area contributed by atoms with E-state index in [1.807, 2.05) is 19.9 Å². The zero-order valence-corrected chi connectivity index (χ0v) is 10.9. The lowest BCUT2D eigenvalue weighted by atomic mass is 10.2. The summed E-state index contributed by atoms with van der Waals surface area (Å²) in [5, 5.41) is 0. The summed E-state index contributed by atoms with van der Waals surface area (Å²) in [5.74, 6) is 0. The van der Waals surface area contributed by atoms with E-state index in [0.29, 0.717) is 11.4 Å². The third-order valence-electron chi connectivity index (χ3n) is 2.20. The molecule has 1 aromatic carbocycles. The van der Waals surface area contributed by atoms with Crippen LogP contribution in [0.2, 0.25) is 0 Å². The molecule has 0 amide bonds. The molecule has 0 aromatic heterocycles. The number of hydrogen-bond donors (Lipinski definition) is 2. The van der Waals surface area contributed by atoms with Crippen LogP contribution in [0.15, 0.2) is 35.2 Å². The Morgan fingerprint density at radius 3 is 2.29 bits per heavy atom. The van der Waals surface area contributed by atoms with Gasteiger partial charge in [-0.05, 0) is 37.1 Å². The van der Waals surface area contributed by atoms with Gasteiger partial charge >= 0.3 is 0 Å². The Morgan fingerprint density at radius 2 is 1.76 bits per heavy atom. The summed E-state index contributed by atoms with van der Waals surface area (Å²) in [6.45, 7) is 4.42. The molecule has 0 fully saturated rings. The summed E-state index contributed by atoms with van der Waals surface area (Å²) in [4.78, 5) is 0.302. The smallest absolute Gasteiger partial charge is 0.240 e. The minimum Gasteiger partial charge on any atom is -0.327 e. The SMILES string of the molecule is Cc1cc(C)cc(S(=O)(=O)NC/C=C/CN)c1. The number of sulfonamides is 1. The Kier molecular flexibility index (Phi) is 4.86. The Morgan fingerprint density at radius 1 is 1.18 bits per heavy atom. The van der Waals surface area contributed by atoms with Gasteiger partial charge in [-0.15, -0.1) is 0 Å². The van der Waals surface area contributed by atoms with E-state index in [2.05, 4.69) is 4.72 Å². The molecule has 0 bridgehead atoms. The normalized spacial score (nSPS) is 12.2. The van der Waals surface area contributed by atoms with Gasteiger partial charge in [0.25, 0.3) is 0 Å². The van der Waals surface area contributed by atoms with Gasteiger partial charge in [0.05, 0.1) is 4.90 Å². The van der Waals surface area contributed by atoms with E-state index in [1.165, 1.54) is 0 Å². The Hall–Kier alpha value is -1.17. The van der Waals surface area contributed by atoms with E-state index >= 15 is 0 Å². The van der Waals surface area contributed by atoms with E-state index in [0.717, 1.165) is 11.1 Å². The average molecular weight is 254 g/mol. The maximum atomic E-state index is 11.9. The largest absolute Gasteiger partial charge is 0.327 e. The van der Waals surface area contributed by atoms with Crippen molar-refractivity contribution in [3.05, 3.63) is 41.5 Å². The molecule has 4 nitrogen and oxygen atoms in total. The number of rotatable bonds is 5. The Labute approximate surface area is 103 Å². The van der Waals surface area contributed by atoms with E-state index < -0.39 is 10.0 Å². The third-order valence-corrected chi connectivity index (χ3v) is 3.60. The second-order valence-corrected chi connectivity index (χ2v) is 5.65. The fraction of sp³-hybridized carbons (Fsp3) is 0.333. The number of nitrogens with two attached hydrogens (primary N) is 1. The van der Waals surface area contributed by atoms with Crippen LogP contribution in [0.25, 0.3) is 0 Å². The standard InChI is InChI=1S/C12H18N2O2S/c1-10-7-11(2)9-12(8-10)17(15,16)14-6-4-3-5-13/h3-4,7-9,14H,5-6,13H2,1-2H3/b4-3+. The average Bonchev–Trinajstić information content (AvgIpc) is 2.23. The molecule has 3 N–H and O–H groups in total. The van der Waals surface area contributed by atoms with Crippen molar-refractivity contribution in [2.75, 3.05) is 13.1 Å². The highest BCUT2D eigenvalue weighted by Gasteiger charge is 2.13.